The molecule has 0 saturated carbocycles. The third-order valence-electron chi connectivity index (χ3n) is 7.73. The molecule has 0 saturated heterocycles. The number of thiophene rings is 2. The van der Waals surface area contributed by atoms with Gasteiger partial charge in [-0.15, -0.1) is 22.7 Å². The molecule has 0 aromatic carbocycles. The molecule has 0 bridgehead atoms. The lowest BCUT2D eigenvalue weighted by molar-refractivity contribution is -0.116. The molecule has 3 aromatic heterocycles. The quantitative estimate of drug-likeness (QED) is 0.446. The molecule has 198 valence electrons. The van der Waals surface area contributed by atoms with Crippen molar-refractivity contribution in [2.75, 3.05) is 18.4 Å². The van der Waals surface area contributed by atoms with Gasteiger partial charge in [-0.25, -0.2) is 4.98 Å². The molecule has 37 heavy (non-hydrogen) atoms. The Morgan fingerprint density at radius 3 is 2.59 bits per heavy atom. The summed E-state index contributed by atoms with van der Waals surface area (Å²) in [4.78, 5) is 49.8. The van der Waals surface area contributed by atoms with Gasteiger partial charge in [-0.3, -0.25) is 23.9 Å². The summed E-state index contributed by atoms with van der Waals surface area (Å²) in [5.74, 6) is 0.271. The second-order valence-electron chi connectivity index (χ2n) is 10.2. The van der Waals surface area contributed by atoms with Crippen molar-refractivity contribution < 1.29 is 9.59 Å². The van der Waals surface area contributed by atoms with Crippen LogP contribution in [0.5, 0.6) is 0 Å². The summed E-state index contributed by atoms with van der Waals surface area (Å²) in [5.41, 5.74) is 8.11. The Balaban J connectivity index is 1.51. The van der Waals surface area contributed by atoms with Crippen molar-refractivity contribution in [3.05, 3.63) is 42.6 Å². The maximum absolute atomic E-state index is 13.9. The highest BCUT2D eigenvalue weighted by Gasteiger charge is 2.28. The zero-order valence-electron chi connectivity index (χ0n) is 21.8. The number of rotatable bonds is 8. The van der Waals surface area contributed by atoms with Crippen LogP contribution in [0.1, 0.15) is 77.1 Å². The molecular weight excluding hydrogens is 506 g/mol. The number of hydrogen-bond acceptors (Lipinski definition) is 7. The summed E-state index contributed by atoms with van der Waals surface area (Å²) < 4.78 is 1.54. The largest absolute Gasteiger partial charge is 0.365 e. The minimum atomic E-state index is -0.519. The average Bonchev–Trinajstić information content (AvgIpc) is 3.41. The monoisotopic (exact) mass is 541 g/mol. The predicted molar refractivity (Wildman–Crippen MR) is 150 cm³/mol. The zero-order chi connectivity index (χ0) is 26.3. The second-order valence-corrected chi connectivity index (χ2v) is 12.4. The van der Waals surface area contributed by atoms with Gasteiger partial charge < -0.3 is 11.1 Å². The number of carbonyl (C=O) groups is 2. The number of carbonyl (C=O) groups excluding carboxylic acids is 2. The van der Waals surface area contributed by atoms with Crippen LogP contribution in [0.4, 0.5) is 5.00 Å². The van der Waals surface area contributed by atoms with Gasteiger partial charge >= 0.3 is 0 Å². The average molecular weight is 542 g/mol. The van der Waals surface area contributed by atoms with Crippen molar-refractivity contribution in [3.8, 4) is 0 Å². The lowest BCUT2D eigenvalue weighted by Crippen LogP contribution is -2.34. The summed E-state index contributed by atoms with van der Waals surface area (Å²) in [5, 5.41) is 4.10. The molecule has 0 aliphatic heterocycles. The van der Waals surface area contributed by atoms with Crippen molar-refractivity contribution in [1.29, 1.82) is 0 Å². The lowest BCUT2D eigenvalue weighted by Gasteiger charge is -2.20. The third-order valence-corrected chi connectivity index (χ3v) is 10.1. The summed E-state index contributed by atoms with van der Waals surface area (Å²) >= 11 is 3.07. The van der Waals surface area contributed by atoms with E-state index in [2.05, 4.69) is 31.0 Å². The van der Waals surface area contributed by atoms with E-state index in [0.29, 0.717) is 34.2 Å². The minimum Gasteiger partial charge on any atom is -0.365 e. The summed E-state index contributed by atoms with van der Waals surface area (Å²) in [7, 11) is 0. The van der Waals surface area contributed by atoms with E-state index in [1.54, 1.807) is 11.3 Å². The first kappa shape index (κ1) is 26.1. The fourth-order valence-electron chi connectivity index (χ4n) is 5.62. The van der Waals surface area contributed by atoms with Crippen molar-refractivity contribution in [2.24, 2.45) is 11.7 Å². The van der Waals surface area contributed by atoms with E-state index in [1.165, 1.54) is 20.8 Å². The van der Waals surface area contributed by atoms with Crippen LogP contribution in [0.15, 0.2) is 4.79 Å². The van der Waals surface area contributed by atoms with Crippen molar-refractivity contribution >= 4 is 49.7 Å². The Labute approximate surface area is 224 Å². The first-order valence-corrected chi connectivity index (χ1v) is 14.9. The SMILES string of the molecule is CCN(CC)Cc1nc2sc3c(c2c(=O)n1CC(=O)Nc1sc2c(c1C(N)=O)CCC(C)C2)CCCC3. The first-order valence-electron chi connectivity index (χ1n) is 13.3. The Morgan fingerprint density at radius 2 is 1.86 bits per heavy atom. The number of primary amides is 1. The van der Waals surface area contributed by atoms with E-state index in [1.807, 2.05) is 0 Å². The number of nitrogens with one attached hydrogen (secondary N) is 1. The Kier molecular flexibility index (Phi) is 7.51. The van der Waals surface area contributed by atoms with E-state index in [0.717, 1.165) is 78.9 Å². The molecular formula is C27H35N5O3S2. The van der Waals surface area contributed by atoms with E-state index in [9.17, 15) is 14.4 Å². The number of aryl methyl sites for hydroxylation is 2. The fourth-order valence-corrected chi connectivity index (χ4v) is 8.32. The molecule has 3 aromatic rings. The molecule has 0 spiro atoms. The molecule has 5 rings (SSSR count). The van der Waals surface area contributed by atoms with Crippen molar-refractivity contribution in [3.63, 3.8) is 0 Å². The van der Waals surface area contributed by atoms with Crippen LogP contribution in [0.3, 0.4) is 0 Å². The number of amides is 2. The summed E-state index contributed by atoms with van der Waals surface area (Å²) in [6.45, 7) is 8.32. The van der Waals surface area contributed by atoms with Crippen LogP contribution < -0.4 is 16.6 Å². The van der Waals surface area contributed by atoms with Crippen LogP contribution in [0.25, 0.3) is 10.2 Å². The standard InChI is InChI=1S/C27H35N5O3S2/c1-4-31(5-2)13-20-29-26-23(16-8-6-7-9-18(16)36-26)27(35)32(20)14-21(33)30-25-22(24(28)34)17-11-10-15(3)12-19(17)37-25/h15H,4-14H2,1-3H3,(H2,28,34)(H,30,33). The Hall–Kier alpha value is -2.56. The molecule has 2 aliphatic carbocycles. The van der Waals surface area contributed by atoms with E-state index >= 15 is 0 Å². The molecule has 0 fully saturated rings. The topological polar surface area (TPSA) is 110 Å². The normalized spacial score (nSPS) is 17.1. The smallest absolute Gasteiger partial charge is 0.263 e. The van der Waals surface area contributed by atoms with E-state index < -0.39 is 5.91 Å². The molecule has 3 N–H and O–H groups in total. The number of nitrogens with zero attached hydrogens (tertiary/aromatic N) is 3. The van der Waals surface area contributed by atoms with Gasteiger partial charge in [0.25, 0.3) is 11.5 Å². The van der Waals surface area contributed by atoms with E-state index in [4.69, 9.17) is 10.7 Å². The zero-order valence-corrected chi connectivity index (χ0v) is 23.4. The van der Waals surface area contributed by atoms with Crippen LogP contribution in [0, 0.1) is 5.92 Å². The van der Waals surface area contributed by atoms with Crippen LogP contribution in [-0.2, 0) is 43.6 Å². The molecule has 8 nitrogen and oxygen atoms in total. The molecule has 0 radical (unpaired) electrons. The molecule has 2 aliphatic rings. The lowest BCUT2D eigenvalue weighted by atomic mass is 9.88. The molecule has 1 atom stereocenters. The maximum Gasteiger partial charge on any atom is 0.263 e. The van der Waals surface area contributed by atoms with Gasteiger partial charge in [0.05, 0.1) is 17.5 Å². The fraction of sp³-hybridized carbons (Fsp3) is 0.556. The highest BCUT2D eigenvalue weighted by molar-refractivity contribution is 7.18. The van der Waals surface area contributed by atoms with Gasteiger partial charge in [0.15, 0.2) is 0 Å². The van der Waals surface area contributed by atoms with Gasteiger partial charge in [0, 0.05) is 9.75 Å². The van der Waals surface area contributed by atoms with Crippen molar-refractivity contribution in [1.82, 2.24) is 14.5 Å². The van der Waals surface area contributed by atoms with Gasteiger partial charge in [-0.05, 0) is 75.1 Å². The molecule has 10 heteroatoms. The maximum atomic E-state index is 13.9. The number of aromatic nitrogens is 2. The highest BCUT2D eigenvalue weighted by Crippen LogP contribution is 2.39. The molecule has 1 unspecified atom stereocenters. The number of hydrogen-bond donors (Lipinski definition) is 2. The summed E-state index contributed by atoms with van der Waals surface area (Å²) in [6.07, 6.45) is 6.74. The minimum absolute atomic E-state index is 0.142. The third kappa shape index (κ3) is 4.98. The molecule has 3 heterocycles. The number of anilines is 1. The molecule has 2 amide bonds. The van der Waals surface area contributed by atoms with Gasteiger partial charge in [-0.1, -0.05) is 20.8 Å². The van der Waals surface area contributed by atoms with Crippen LogP contribution >= 0.6 is 22.7 Å². The van der Waals surface area contributed by atoms with Crippen LogP contribution in [-0.4, -0.2) is 39.4 Å². The van der Waals surface area contributed by atoms with Gasteiger partial charge in [-0.2, -0.15) is 0 Å². The summed E-state index contributed by atoms with van der Waals surface area (Å²) in [6, 6.07) is 0. The highest BCUT2D eigenvalue weighted by atomic mass is 32.1. The second kappa shape index (κ2) is 10.7. The van der Waals surface area contributed by atoms with Crippen LogP contribution in [0.2, 0.25) is 0 Å². The Bertz CT molecular complexity index is 1420. The number of fused-ring (bicyclic) bond motifs is 4. The van der Waals surface area contributed by atoms with Gasteiger partial charge in [0.2, 0.25) is 5.91 Å². The predicted octanol–water partition coefficient (Wildman–Crippen LogP) is 4.10. The van der Waals surface area contributed by atoms with Gasteiger partial charge in [0.1, 0.15) is 22.2 Å². The Morgan fingerprint density at radius 1 is 1.11 bits per heavy atom. The number of nitrogens with two attached hydrogens (primary N) is 1. The van der Waals surface area contributed by atoms with Crippen molar-refractivity contribution in [2.45, 2.75) is 78.8 Å². The first-order chi connectivity index (χ1) is 17.8. The van der Waals surface area contributed by atoms with E-state index in [-0.39, 0.29) is 18.0 Å².